The molecule has 2 amide bonds. The first-order valence-corrected chi connectivity index (χ1v) is 11.7. The Morgan fingerprint density at radius 2 is 2.20 bits per heavy atom. The van der Waals surface area contributed by atoms with E-state index >= 15 is 0 Å². The minimum Gasteiger partial charge on any atom is -0.339 e. The quantitative estimate of drug-likeness (QED) is 0.656. The van der Waals surface area contributed by atoms with Crippen LogP contribution in [-0.4, -0.2) is 58.0 Å². The van der Waals surface area contributed by atoms with Gasteiger partial charge in [-0.25, -0.2) is 4.79 Å². The standard InChI is InChI=1S/C24H35N5O/c1-3-5-14-29(13-4-2)24(30)27-23-21(22-20(26-23)10-8-12-25-22)18-11-16-28-15-7-6-9-19(28)17-18/h8,10-12,19,26H,3-7,9,13-17H2,1-2H3,(H,27,30). The monoisotopic (exact) mass is 409 g/mol. The van der Waals surface area contributed by atoms with Gasteiger partial charge in [0.2, 0.25) is 0 Å². The highest BCUT2D eigenvalue weighted by Gasteiger charge is 2.29. The van der Waals surface area contributed by atoms with E-state index in [-0.39, 0.29) is 6.03 Å². The molecule has 1 atom stereocenters. The molecule has 2 aromatic rings. The number of carbonyl (C=O) groups is 1. The summed E-state index contributed by atoms with van der Waals surface area (Å²) in [4.78, 5) is 25.7. The molecule has 4 rings (SSSR count). The number of rotatable bonds is 7. The molecular weight excluding hydrogens is 374 g/mol. The maximum Gasteiger partial charge on any atom is 0.322 e. The Morgan fingerprint density at radius 3 is 3.03 bits per heavy atom. The molecule has 0 bridgehead atoms. The second kappa shape index (κ2) is 9.65. The second-order valence-electron chi connectivity index (χ2n) is 8.62. The number of hydrogen-bond acceptors (Lipinski definition) is 3. The second-order valence-corrected chi connectivity index (χ2v) is 8.62. The van der Waals surface area contributed by atoms with Crippen LogP contribution in [0.25, 0.3) is 16.6 Å². The fourth-order valence-corrected chi connectivity index (χ4v) is 4.85. The Hall–Kier alpha value is -2.34. The Bertz CT molecular complexity index is 902. The fraction of sp³-hybridized carbons (Fsp3) is 0.583. The van der Waals surface area contributed by atoms with Crippen LogP contribution in [0.4, 0.5) is 10.6 Å². The molecule has 0 aliphatic carbocycles. The van der Waals surface area contributed by atoms with E-state index in [1.165, 1.54) is 31.4 Å². The molecule has 6 heteroatoms. The van der Waals surface area contributed by atoms with E-state index < -0.39 is 0 Å². The van der Waals surface area contributed by atoms with Crippen LogP contribution < -0.4 is 5.32 Å². The van der Waals surface area contributed by atoms with Gasteiger partial charge >= 0.3 is 6.03 Å². The number of nitrogens with zero attached hydrogens (tertiary/aromatic N) is 3. The van der Waals surface area contributed by atoms with Gasteiger partial charge in [0.05, 0.1) is 11.0 Å². The van der Waals surface area contributed by atoms with Crippen LogP contribution in [0.15, 0.2) is 24.4 Å². The predicted molar refractivity (Wildman–Crippen MR) is 124 cm³/mol. The molecule has 1 saturated heterocycles. The average molecular weight is 410 g/mol. The van der Waals surface area contributed by atoms with Crippen molar-refractivity contribution in [2.24, 2.45) is 0 Å². The van der Waals surface area contributed by atoms with E-state index in [0.29, 0.717) is 6.04 Å². The molecule has 162 valence electrons. The summed E-state index contributed by atoms with van der Waals surface area (Å²) < 4.78 is 0. The van der Waals surface area contributed by atoms with Crippen molar-refractivity contribution in [1.29, 1.82) is 0 Å². The molecule has 30 heavy (non-hydrogen) atoms. The number of aromatic nitrogens is 2. The van der Waals surface area contributed by atoms with Crippen LogP contribution >= 0.6 is 0 Å². The summed E-state index contributed by atoms with van der Waals surface area (Å²) in [6.07, 6.45) is 12.2. The minimum absolute atomic E-state index is 0.0196. The van der Waals surface area contributed by atoms with Gasteiger partial charge in [-0.15, -0.1) is 0 Å². The number of aromatic amines is 1. The fourth-order valence-electron chi connectivity index (χ4n) is 4.85. The van der Waals surface area contributed by atoms with Gasteiger partial charge in [0, 0.05) is 37.4 Å². The molecule has 0 spiro atoms. The highest BCUT2D eigenvalue weighted by molar-refractivity contribution is 6.01. The Morgan fingerprint density at radius 1 is 1.30 bits per heavy atom. The number of urea groups is 1. The van der Waals surface area contributed by atoms with E-state index in [1.54, 1.807) is 0 Å². The van der Waals surface area contributed by atoms with Gasteiger partial charge in [-0.05, 0) is 56.4 Å². The number of anilines is 1. The maximum atomic E-state index is 13.1. The molecule has 2 N–H and O–H groups in total. The van der Waals surface area contributed by atoms with Gasteiger partial charge in [0.25, 0.3) is 0 Å². The molecule has 0 saturated carbocycles. The lowest BCUT2D eigenvalue weighted by atomic mass is 9.89. The van der Waals surface area contributed by atoms with Gasteiger partial charge in [0.15, 0.2) is 0 Å². The molecule has 6 nitrogen and oxygen atoms in total. The number of nitrogens with one attached hydrogen (secondary N) is 2. The molecule has 4 heterocycles. The van der Waals surface area contributed by atoms with Crippen molar-refractivity contribution in [2.45, 2.75) is 64.8 Å². The van der Waals surface area contributed by atoms with E-state index in [1.807, 2.05) is 23.2 Å². The van der Waals surface area contributed by atoms with E-state index in [0.717, 1.165) is 67.7 Å². The van der Waals surface area contributed by atoms with Crippen molar-refractivity contribution in [3.63, 3.8) is 0 Å². The molecule has 0 aromatic carbocycles. The van der Waals surface area contributed by atoms with Crippen LogP contribution in [0, 0.1) is 0 Å². The topological polar surface area (TPSA) is 64.3 Å². The molecule has 2 aliphatic heterocycles. The Labute approximate surface area is 179 Å². The number of fused-ring (bicyclic) bond motifs is 2. The summed E-state index contributed by atoms with van der Waals surface area (Å²) in [5.41, 5.74) is 4.33. The first kappa shape index (κ1) is 20.9. The number of piperidine rings is 1. The van der Waals surface area contributed by atoms with E-state index in [4.69, 9.17) is 0 Å². The van der Waals surface area contributed by atoms with Gasteiger partial charge in [-0.2, -0.15) is 0 Å². The lowest BCUT2D eigenvalue weighted by Gasteiger charge is -2.38. The number of carbonyl (C=O) groups excluding carboxylic acids is 1. The summed E-state index contributed by atoms with van der Waals surface area (Å²) in [7, 11) is 0. The first-order valence-electron chi connectivity index (χ1n) is 11.7. The summed E-state index contributed by atoms with van der Waals surface area (Å²) in [6, 6.07) is 4.57. The highest BCUT2D eigenvalue weighted by Crippen LogP contribution is 2.38. The summed E-state index contributed by atoms with van der Waals surface area (Å²) in [5.74, 6) is 0.793. The molecule has 2 aromatic heterocycles. The van der Waals surface area contributed by atoms with Crippen molar-refractivity contribution < 1.29 is 4.79 Å². The van der Waals surface area contributed by atoms with Gasteiger partial charge in [-0.1, -0.05) is 32.8 Å². The van der Waals surface area contributed by atoms with Gasteiger partial charge in [-0.3, -0.25) is 15.2 Å². The number of hydrogen-bond donors (Lipinski definition) is 2. The van der Waals surface area contributed by atoms with E-state index in [2.05, 4.69) is 40.1 Å². The highest BCUT2D eigenvalue weighted by atomic mass is 16.2. The Balaban J connectivity index is 1.64. The van der Waals surface area contributed by atoms with Crippen LogP contribution in [-0.2, 0) is 0 Å². The average Bonchev–Trinajstić information content (AvgIpc) is 3.14. The normalized spacial score (nSPS) is 19.4. The van der Waals surface area contributed by atoms with Crippen molar-refractivity contribution in [1.82, 2.24) is 19.8 Å². The molecule has 1 fully saturated rings. The lowest BCUT2D eigenvalue weighted by molar-refractivity contribution is 0.161. The Kier molecular flexibility index (Phi) is 6.72. The number of unbranched alkanes of at least 4 members (excludes halogenated alkanes) is 1. The summed E-state index contributed by atoms with van der Waals surface area (Å²) >= 11 is 0. The summed E-state index contributed by atoms with van der Waals surface area (Å²) in [6.45, 7) is 8.04. The van der Waals surface area contributed by atoms with Crippen LogP contribution in [0.5, 0.6) is 0 Å². The number of H-pyrrole nitrogens is 1. The zero-order chi connectivity index (χ0) is 20.9. The molecule has 2 aliphatic rings. The molecule has 1 unspecified atom stereocenters. The SMILES string of the molecule is CCCCN(CCC)C(=O)Nc1[nH]c2cccnc2c1C1=CCN2CCCCC2C1. The van der Waals surface area contributed by atoms with Gasteiger partial charge < -0.3 is 9.88 Å². The zero-order valence-corrected chi connectivity index (χ0v) is 18.4. The number of pyridine rings is 1. The summed E-state index contributed by atoms with van der Waals surface area (Å²) in [5, 5.41) is 3.20. The van der Waals surface area contributed by atoms with Crippen molar-refractivity contribution in [3.05, 3.63) is 30.0 Å². The van der Waals surface area contributed by atoms with E-state index in [9.17, 15) is 4.79 Å². The first-order chi connectivity index (χ1) is 14.7. The molecule has 0 radical (unpaired) electrons. The smallest absolute Gasteiger partial charge is 0.322 e. The third-order valence-corrected chi connectivity index (χ3v) is 6.45. The maximum absolute atomic E-state index is 13.1. The zero-order valence-electron chi connectivity index (χ0n) is 18.4. The lowest BCUT2D eigenvalue weighted by Crippen LogP contribution is -2.42. The van der Waals surface area contributed by atoms with Crippen LogP contribution in [0.2, 0.25) is 0 Å². The predicted octanol–water partition coefficient (Wildman–Crippen LogP) is 5.25. The third kappa shape index (κ3) is 4.38. The molecular formula is C24H35N5O. The largest absolute Gasteiger partial charge is 0.339 e. The van der Waals surface area contributed by atoms with Gasteiger partial charge in [0.1, 0.15) is 5.82 Å². The van der Waals surface area contributed by atoms with Crippen molar-refractivity contribution in [2.75, 3.05) is 31.5 Å². The van der Waals surface area contributed by atoms with Crippen molar-refractivity contribution in [3.8, 4) is 0 Å². The minimum atomic E-state index is -0.0196. The van der Waals surface area contributed by atoms with Crippen molar-refractivity contribution >= 4 is 28.5 Å². The van der Waals surface area contributed by atoms with Crippen LogP contribution in [0.1, 0.15) is 64.4 Å². The third-order valence-electron chi connectivity index (χ3n) is 6.45. The van der Waals surface area contributed by atoms with Crippen LogP contribution in [0.3, 0.4) is 0 Å². The number of amides is 2.